The molecule has 0 saturated carbocycles. The van der Waals surface area contributed by atoms with Crippen LogP contribution in [-0.2, 0) is 0 Å². The van der Waals surface area contributed by atoms with E-state index >= 15 is 0 Å². The van der Waals surface area contributed by atoms with Gasteiger partial charge in [0.1, 0.15) is 12.7 Å². The summed E-state index contributed by atoms with van der Waals surface area (Å²) in [4.78, 5) is 16.4. The van der Waals surface area contributed by atoms with Crippen molar-refractivity contribution < 1.29 is 4.79 Å². The number of nitrogens with zero attached hydrogens (tertiary/aromatic N) is 3. The minimum Gasteiger partial charge on any atom is -0.345 e. The molecule has 1 amide bonds. The summed E-state index contributed by atoms with van der Waals surface area (Å²) in [6.45, 7) is 3.85. The van der Waals surface area contributed by atoms with Crippen molar-refractivity contribution in [1.82, 2.24) is 20.1 Å². The Kier molecular flexibility index (Phi) is 4.62. The van der Waals surface area contributed by atoms with E-state index in [2.05, 4.69) is 15.4 Å². The Balaban J connectivity index is 1.78. The van der Waals surface area contributed by atoms with Crippen LogP contribution in [0.25, 0.3) is 5.69 Å². The molecule has 0 fully saturated rings. The fraction of sp³-hybridized carbons (Fsp3) is 0.167. The van der Waals surface area contributed by atoms with Crippen molar-refractivity contribution in [3.8, 4) is 5.69 Å². The maximum Gasteiger partial charge on any atom is 0.251 e. The van der Waals surface area contributed by atoms with Crippen molar-refractivity contribution in [3.05, 3.63) is 76.8 Å². The number of aryl methyl sites for hydroxylation is 1. The summed E-state index contributed by atoms with van der Waals surface area (Å²) in [5, 5.41) is 7.73. The highest BCUT2D eigenvalue weighted by Crippen LogP contribution is 2.23. The van der Waals surface area contributed by atoms with Crippen LogP contribution < -0.4 is 5.32 Å². The van der Waals surface area contributed by atoms with Gasteiger partial charge in [-0.1, -0.05) is 29.8 Å². The number of nitrogens with one attached hydrogen (secondary N) is 1. The van der Waals surface area contributed by atoms with E-state index in [0.717, 1.165) is 16.8 Å². The maximum absolute atomic E-state index is 12.5. The van der Waals surface area contributed by atoms with E-state index in [1.165, 1.54) is 6.33 Å². The third-order valence-corrected chi connectivity index (χ3v) is 4.19. The highest BCUT2D eigenvalue weighted by molar-refractivity contribution is 6.31. The molecule has 0 bridgehead atoms. The number of rotatable bonds is 4. The minimum atomic E-state index is -0.179. The van der Waals surface area contributed by atoms with Crippen molar-refractivity contribution in [2.24, 2.45) is 0 Å². The van der Waals surface area contributed by atoms with E-state index in [1.54, 1.807) is 17.1 Å². The zero-order chi connectivity index (χ0) is 17.1. The van der Waals surface area contributed by atoms with Crippen LogP contribution in [0, 0.1) is 6.92 Å². The lowest BCUT2D eigenvalue weighted by molar-refractivity contribution is 0.0940. The molecule has 0 aliphatic carbocycles. The second kappa shape index (κ2) is 6.84. The molecule has 0 aliphatic heterocycles. The van der Waals surface area contributed by atoms with Crippen molar-refractivity contribution in [2.45, 2.75) is 19.9 Å². The van der Waals surface area contributed by atoms with Crippen molar-refractivity contribution in [2.75, 3.05) is 0 Å². The van der Waals surface area contributed by atoms with Crippen LogP contribution in [0.1, 0.15) is 34.5 Å². The third-order valence-electron chi connectivity index (χ3n) is 3.84. The lowest BCUT2D eigenvalue weighted by Gasteiger charge is -2.16. The van der Waals surface area contributed by atoms with Crippen molar-refractivity contribution >= 4 is 17.5 Å². The molecule has 2 aromatic carbocycles. The second-order valence-electron chi connectivity index (χ2n) is 5.56. The molecule has 0 spiro atoms. The van der Waals surface area contributed by atoms with Crippen LogP contribution in [0.15, 0.2) is 55.1 Å². The smallest absolute Gasteiger partial charge is 0.251 e. The highest BCUT2D eigenvalue weighted by Gasteiger charge is 2.14. The molecule has 0 saturated heterocycles. The average Bonchev–Trinajstić information content (AvgIpc) is 3.09. The number of benzene rings is 2. The molecule has 24 heavy (non-hydrogen) atoms. The number of carbonyl (C=O) groups is 1. The van der Waals surface area contributed by atoms with Gasteiger partial charge in [-0.25, -0.2) is 9.67 Å². The Morgan fingerprint density at radius 2 is 2.04 bits per heavy atom. The fourth-order valence-electron chi connectivity index (χ4n) is 2.57. The summed E-state index contributed by atoms with van der Waals surface area (Å²) < 4.78 is 1.67. The summed E-state index contributed by atoms with van der Waals surface area (Å²) in [7, 11) is 0. The van der Waals surface area contributed by atoms with Crippen LogP contribution in [0.3, 0.4) is 0 Å². The van der Waals surface area contributed by atoms with E-state index in [9.17, 15) is 4.79 Å². The fourth-order valence-corrected chi connectivity index (χ4v) is 2.87. The monoisotopic (exact) mass is 340 g/mol. The van der Waals surface area contributed by atoms with Crippen LogP contribution >= 0.6 is 11.6 Å². The summed E-state index contributed by atoms with van der Waals surface area (Å²) in [5.74, 6) is -0.143. The van der Waals surface area contributed by atoms with Gasteiger partial charge in [-0.05, 0) is 49.2 Å². The zero-order valence-electron chi connectivity index (χ0n) is 13.4. The third kappa shape index (κ3) is 3.31. The quantitative estimate of drug-likeness (QED) is 0.787. The van der Waals surface area contributed by atoms with Crippen LogP contribution in [-0.4, -0.2) is 20.7 Å². The van der Waals surface area contributed by atoms with E-state index < -0.39 is 0 Å². The Morgan fingerprint density at radius 1 is 1.25 bits per heavy atom. The van der Waals surface area contributed by atoms with Crippen molar-refractivity contribution in [3.63, 3.8) is 0 Å². The normalized spacial score (nSPS) is 12.0. The molecule has 1 heterocycles. The van der Waals surface area contributed by atoms with Gasteiger partial charge in [0, 0.05) is 10.6 Å². The number of halogens is 1. The average molecular weight is 341 g/mol. The number of hydrogen-bond donors (Lipinski definition) is 1. The maximum atomic E-state index is 12.5. The topological polar surface area (TPSA) is 59.8 Å². The number of aromatic nitrogens is 3. The summed E-state index contributed by atoms with van der Waals surface area (Å²) in [6.07, 6.45) is 3.10. The molecule has 3 rings (SSSR count). The Bertz CT molecular complexity index is 861. The predicted molar refractivity (Wildman–Crippen MR) is 93.4 cm³/mol. The molecular formula is C18H17ClN4O. The van der Waals surface area contributed by atoms with E-state index in [-0.39, 0.29) is 11.9 Å². The standard InChI is InChI=1S/C18H17ClN4O/c1-12-9-14(7-8-17(12)23-11-20-10-21-23)18(24)22-13(2)15-5-3-4-6-16(15)19/h3-11,13H,1-2H3,(H,22,24). The van der Waals surface area contributed by atoms with Crippen LogP contribution in [0.5, 0.6) is 0 Å². The van der Waals surface area contributed by atoms with E-state index in [1.807, 2.05) is 50.2 Å². The molecule has 1 atom stereocenters. The first-order chi connectivity index (χ1) is 11.6. The lowest BCUT2D eigenvalue weighted by atomic mass is 10.1. The SMILES string of the molecule is Cc1cc(C(=O)NC(C)c2ccccc2Cl)ccc1-n1cncn1. The van der Waals surface area contributed by atoms with Gasteiger partial charge < -0.3 is 5.32 Å². The molecular weight excluding hydrogens is 324 g/mol. The number of hydrogen-bond acceptors (Lipinski definition) is 3. The second-order valence-corrected chi connectivity index (χ2v) is 5.97. The molecule has 5 nitrogen and oxygen atoms in total. The van der Waals surface area contributed by atoms with E-state index in [4.69, 9.17) is 11.6 Å². The van der Waals surface area contributed by atoms with Gasteiger partial charge in [0.25, 0.3) is 5.91 Å². The molecule has 1 N–H and O–H groups in total. The van der Waals surface area contributed by atoms with Crippen LogP contribution in [0.4, 0.5) is 0 Å². The number of carbonyl (C=O) groups excluding carboxylic acids is 1. The van der Waals surface area contributed by atoms with Gasteiger partial charge in [-0.2, -0.15) is 5.10 Å². The first kappa shape index (κ1) is 16.2. The van der Waals surface area contributed by atoms with Gasteiger partial charge in [0.15, 0.2) is 0 Å². The Morgan fingerprint density at radius 3 is 2.71 bits per heavy atom. The van der Waals surface area contributed by atoms with E-state index in [0.29, 0.717) is 10.6 Å². The Hall–Kier alpha value is -2.66. The largest absolute Gasteiger partial charge is 0.345 e. The molecule has 1 aromatic heterocycles. The van der Waals surface area contributed by atoms with Gasteiger partial charge in [0.05, 0.1) is 11.7 Å². The molecule has 0 aliphatic rings. The lowest BCUT2D eigenvalue weighted by Crippen LogP contribution is -2.27. The Labute approximate surface area is 145 Å². The van der Waals surface area contributed by atoms with Gasteiger partial charge >= 0.3 is 0 Å². The van der Waals surface area contributed by atoms with Gasteiger partial charge in [0.2, 0.25) is 0 Å². The number of amides is 1. The molecule has 122 valence electrons. The molecule has 0 radical (unpaired) electrons. The summed E-state index contributed by atoms with van der Waals surface area (Å²) >= 11 is 6.18. The van der Waals surface area contributed by atoms with Gasteiger partial charge in [-0.3, -0.25) is 4.79 Å². The van der Waals surface area contributed by atoms with Crippen molar-refractivity contribution in [1.29, 1.82) is 0 Å². The zero-order valence-corrected chi connectivity index (χ0v) is 14.2. The highest BCUT2D eigenvalue weighted by atomic mass is 35.5. The molecule has 1 unspecified atom stereocenters. The predicted octanol–water partition coefficient (Wildman–Crippen LogP) is 3.72. The molecule has 6 heteroatoms. The summed E-state index contributed by atoms with van der Waals surface area (Å²) in [5.41, 5.74) is 3.32. The minimum absolute atomic E-state index is 0.143. The molecule has 3 aromatic rings. The van der Waals surface area contributed by atoms with Crippen LogP contribution in [0.2, 0.25) is 5.02 Å². The first-order valence-corrected chi connectivity index (χ1v) is 7.95. The van der Waals surface area contributed by atoms with Gasteiger partial charge in [-0.15, -0.1) is 0 Å². The first-order valence-electron chi connectivity index (χ1n) is 7.57. The summed E-state index contributed by atoms with van der Waals surface area (Å²) in [6, 6.07) is 12.8.